The topological polar surface area (TPSA) is 45.6 Å². The Labute approximate surface area is 174 Å². The number of amides is 1. The maximum Gasteiger partial charge on any atom is 0.257 e. The quantitative estimate of drug-likeness (QED) is 0.700. The first-order valence-corrected chi connectivity index (χ1v) is 10.3. The van der Waals surface area contributed by atoms with Gasteiger partial charge in [0.05, 0.1) is 5.56 Å². The zero-order chi connectivity index (χ0) is 19.8. The lowest BCUT2D eigenvalue weighted by Crippen LogP contribution is -2.57. The first kappa shape index (κ1) is 19.5. The van der Waals surface area contributed by atoms with Crippen LogP contribution in [0.5, 0.6) is 0 Å². The van der Waals surface area contributed by atoms with Gasteiger partial charge in [0, 0.05) is 50.4 Å². The van der Waals surface area contributed by atoms with Crippen LogP contribution in [-0.4, -0.2) is 52.5 Å². The second kappa shape index (κ2) is 7.90. The van der Waals surface area contributed by atoms with Gasteiger partial charge < -0.3 is 9.47 Å². The van der Waals surface area contributed by atoms with E-state index in [9.17, 15) is 9.59 Å². The van der Waals surface area contributed by atoms with Crippen LogP contribution < -0.4 is 5.56 Å². The van der Waals surface area contributed by atoms with E-state index in [-0.39, 0.29) is 16.6 Å². The first-order valence-electron chi connectivity index (χ1n) is 9.58. The SMILES string of the molecule is Cn1c(Cl)c(C(=O)N2CCN3C[C@@H](c4ccc(Cl)cc4)CC[C@@H]3C2)ccc1=O. The number of piperidine rings is 1. The van der Waals surface area contributed by atoms with Gasteiger partial charge in [-0.05, 0) is 42.5 Å². The van der Waals surface area contributed by atoms with Crippen molar-refractivity contribution in [3.05, 3.63) is 68.1 Å². The minimum absolute atomic E-state index is 0.0972. The van der Waals surface area contributed by atoms with Crippen molar-refractivity contribution in [1.82, 2.24) is 14.4 Å². The highest BCUT2D eigenvalue weighted by molar-refractivity contribution is 6.32. The van der Waals surface area contributed by atoms with Gasteiger partial charge in [0.2, 0.25) is 0 Å². The minimum Gasteiger partial charge on any atom is -0.336 e. The third-order valence-electron chi connectivity index (χ3n) is 6.01. The summed E-state index contributed by atoms with van der Waals surface area (Å²) in [6.45, 7) is 3.23. The molecule has 0 saturated carbocycles. The zero-order valence-electron chi connectivity index (χ0n) is 15.8. The van der Waals surface area contributed by atoms with Crippen LogP contribution >= 0.6 is 23.2 Å². The van der Waals surface area contributed by atoms with Crippen LogP contribution in [0.1, 0.15) is 34.7 Å². The standard InChI is InChI=1S/C21H23Cl2N3O2/c1-24-19(27)9-8-18(20(24)23)21(28)26-11-10-25-12-15(4-7-17(25)13-26)14-2-5-16(22)6-3-14/h2-3,5-6,8-9,15,17H,4,7,10-13H2,1H3/t15-,17+/m0/s1. The second-order valence-corrected chi connectivity index (χ2v) is 8.46. The van der Waals surface area contributed by atoms with E-state index in [0.717, 1.165) is 31.0 Å². The summed E-state index contributed by atoms with van der Waals surface area (Å²) in [6, 6.07) is 11.5. The van der Waals surface area contributed by atoms with Crippen LogP contribution in [0, 0.1) is 0 Å². The number of rotatable bonds is 2. The van der Waals surface area contributed by atoms with Crippen LogP contribution in [0.25, 0.3) is 0 Å². The van der Waals surface area contributed by atoms with E-state index in [4.69, 9.17) is 23.2 Å². The molecule has 0 bridgehead atoms. The minimum atomic E-state index is -0.216. The van der Waals surface area contributed by atoms with E-state index < -0.39 is 0 Å². The molecule has 4 rings (SSSR count). The van der Waals surface area contributed by atoms with Gasteiger partial charge in [-0.25, -0.2) is 0 Å². The molecule has 2 saturated heterocycles. The fraction of sp³-hybridized carbons (Fsp3) is 0.429. The molecule has 2 aromatic rings. The van der Waals surface area contributed by atoms with Crippen molar-refractivity contribution in [1.29, 1.82) is 0 Å². The zero-order valence-corrected chi connectivity index (χ0v) is 17.3. The Bertz CT molecular complexity index is 942. The maximum absolute atomic E-state index is 13.0. The van der Waals surface area contributed by atoms with E-state index in [0.29, 0.717) is 30.6 Å². The largest absolute Gasteiger partial charge is 0.336 e. The van der Waals surface area contributed by atoms with Gasteiger partial charge in [0.25, 0.3) is 11.5 Å². The van der Waals surface area contributed by atoms with E-state index in [1.54, 1.807) is 7.05 Å². The Morgan fingerprint density at radius 1 is 1.00 bits per heavy atom. The van der Waals surface area contributed by atoms with Gasteiger partial charge in [-0.1, -0.05) is 35.3 Å². The molecule has 1 aromatic heterocycles. The highest BCUT2D eigenvalue weighted by Gasteiger charge is 2.35. The smallest absolute Gasteiger partial charge is 0.257 e. The molecule has 0 N–H and O–H groups in total. The molecule has 28 heavy (non-hydrogen) atoms. The molecule has 2 atom stereocenters. The highest BCUT2D eigenvalue weighted by Crippen LogP contribution is 2.32. The number of benzene rings is 1. The van der Waals surface area contributed by atoms with Crippen molar-refractivity contribution < 1.29 is 4.79 Å². The summed E-state index contributed by atoms with van der Waals surface area (Å²) in [5.41, 5.74) is 1.51. The van der Waals surface area contributed by atoms with Gasteiger partial charge in [-0.2, -0.15) is 0 Å². The van der Waals surface area contributed by atoms with E-state index in [1.165, 1.54) is 22.3 Å². The van der Waals surface area contributed by atoms with Crippen LogP contribution in [0.15, 0.2) is 41.2 Å². The van der Waals surface area contributed by atoms with Gasteiger partial charge in [-0.3, -0.25) is 14.5 Å². The van der Waals surface area contributed by atoms with E-state index in [1.807, 2.05) is 17.0 Å². The normalized spacial score (nSPS) is 22.8. The summed E-state index contributed by atoms with van der Waals surface area (Å²) in [6.07, 6.45) is 2.16. The van der Waals surface area contributed by atoms with Crippen LogP contribution in [0.3, 0.4) is 0 Å². The third kappa shape index (κ3) is 3.71. The van der Waals surface area contributed by atoms with Crippen LogP contribution in [0.2, 0.25) is 10.2 Å². The maximum atomic E-state index is 13.0. The van der Waals surface area contributed by atoms with Crippen molar-refractivity contribution in [3.8, 4) is 0 Å². The Morgan fingerprint density at radius 2 is 1.75 bits per heavy atom. The van der Waals surface area contributed by atoms with Gasteiger partial charge >= 0.3 is 0 Å². The number of piperazine rings is 1. The molecule has 0 aliphatic carbocycles. The Morgan fingerprint density at radius 3 is 2.50 bits per heavy atom. The van der Waals surface area contributed by atoms with Gasteiger partial charge in [-0.15, -0.1) is 0 Å². The van der Waals surface area contributed by atoms with Crippen molar-refractivity contribution >= 4 is 29.1 Å². The molecule has 1 aromatic carbocycles. The summed E-state index contributed by atoms with van der Waals surface area (Å²) < 4.78 is 1.31. The van der Waals surface area contributed by atoms with E-state index >= 15 is 0 Å². The monoisotopic (exact) mass is 419 g/mol. The number of carbonyl (C=O) groups excluding carboxylic acids is 1. The number of hydrogen-bond donors (Lipinski definition) is 0. The van der Waals surface area contributed by atoms with Crippen molar-refractivity contribution in [3.63, 3.8) is 0 Å². The Balaban J connectivity index is 1.44. The van der Waals surface area contributed by atoms with Crippen molar-refractivity contribution in [2.24, 2.45) is 7.05 Å². The number of nitrogens with zero attached hydrogens (tertiary/aromatic N) is 3. The number of hydrogen-bond acceptors (Lipinski definition) is 3. The van der Waals surface area contributed by atoms with Crippen molar-refractivity contribution in [2.45, 2.75) is 24.8 Å². The summed E-state index contributed by atoms with van der Waals surface area (Å²) in [4.78, 5) is 29.0. The highest BCUT2D eigenvalue weighted by atomic mass is 35.5. The Hall–Kier alpha value is -1.82. The number of carbonyl (C=O) groups is 1. The van der Waals surface area contributed by atoms with E-state index in [2.05, 4.69) is 17.0 Å². The summed E-state index contributed by atoms with van der Waals surface area (Å²) in [5.74, 6) is 0.411. The molecular weight excluding hydrogens is 397 g/mol. The average molecular weight is 420 g/mol. The lowest BCUT2D eigenvalue weighted by molar-refractivity contribution is 0.0328. The predicted molar refractivity (Wildman–Crippen MR) is 111 cm³/mol. The summed E-state index contributed by atoms with van der Waals surface area (Å²) >= 11 is 12.3. The molecule has 7 heteroatoms. The molecule has 2 aliphatic heterocycles. The molecule has 148 valence electrons. The predicted octanol–water partition coefficient (Wildman–Crippen LogP) is 3.40. The fourth-order valence-corrected chi connectivity index (χ4v) is 4.66. The van der Waals surface area contributed by atoms with Crippen LogP contribution in [-0.2, 0) is 7.05 Å². The van der Waals surface area contributed by atoms with Crippen molar-refractivity contribution in [2.75, 3.05) is 26.2 Å². The molecule has 0 radical (unpaired) electrons. The lowest BCUT2D eigenvalue weighted by Gasteiger charge is -2.46. The first-order chi connectivity index (χ1) is 13.4. The molecule has 2 fully saturated rings. The van der Waals surface area contributed by atoms with Gasteiger partial charge in [0.1, 0.15) is 5.15 Å². The fourth-order valence-electron chi connectivity index (χ4n) is 4.31. The summed E-state index contributed by atoms with van der Waals surface area (Å²) in [5, 5.41) is 0.966. The molecule has 1 amide bonds. The molecular formula is C21H23Cl2N3O2. The second-order valence-electron chi connectivity index (χ2n) is 7.66. The average Bonchev–Trinajstić information content (AvgIpc) is 2.71. The molecule has 0 spiro atoms. The molecule has 2 aliphatic rings. The molecule has 5 nitrogen and oxygen atoms in total. The number of halogens is 2. The van der Waals surface area contributed by atoms with Crippen LogP contribution in [0.4, 0.5) is 0 Å². The summed E-state index contributed by atoms with van der Waals surface area (Å²) in [7, 11) is 1.58. The van der Waals surface area contributed by atoms with Gasteiger partial charge in [0.15, 0.2) is 0 Å². The number of aromatic nitrogens is 1. The lowest BCUT2D eigenvalue weighted by atomic mass is 9.86. The molecule has 0 unspecified atom stereocenters. The number of pyridine rings is 1. The third-order valence-corrected chi connectivity index (χ3v) is 6.72. The Kier molecular flexibility index (Phi) is 5.50. The number of fused-ring (bicyclic) bond motifs is 1. The molecule has 3 heterocycles.